The van der Waals surface area contributed by atoms with Crippen molar-refractivity contribution < 1.29 is 14.6 Å². The third-order valence-corrected chi connectivity index (χ3v) is 2.62. The molecule has 0 amide bonds. The number of rotatable bonds is 6. The lowest BCUT2D eigenvalue weighted by atomic mass is 9.93. The Kier molecular flexibility index (Phi) is 6.04. The molecule has 0 saturated carbocycles. The van der Waals surface area contributed by atoms with Gasteiger partial charge in [0.05, 0.1) is 7.11 Å². The molecular formula is C14H18O3. The Morgan fingerprint density at radius 2 is 2.12 bits per heavy atom. The molecule has 0 radical (unpaired) electrons. The van der Waals surface area contributed by atoms with Crippen LogP contribution in [0.1, 0.15) is 24.3 Å². The van der Waals surface area contributed by atoms with Crippen molar-refractivity contribution in [3.05, 3.63) is 48.0 Å². The second kappa shape index (κ2) is 7.63. The first-order valence-electron chi connectivity index (χ1n) is 5.68. The van der Waals surface area contributed by atoms with Crippen LogP contribution in [0.15, 0.2) is 42.5 Å². The number of aliphatic hydroxyl groups is 1. The number of allylic oxidation sites excluding steroid dienone is 1. The number of esters is 1. The summed E-state index contributed by atoms with van der Waals surface area (Å²) < 4.78 is 4.52. The van der Waals surface area contributed by atoms with Crippen molar-refractivity contribution >= 4 is 5.97 Å². The zero-order valence-corrected chi connectivity index (χ0v) is 10.0. The molecule has 17 heavy (non-hydrogen) atoms. The Morgan fingerprint density at radius 3 is 2.71 bits per heavy atom. The van der Waals surface area contributed by atoms with Crippen LogP contribution in [0.3, 0.4) is 0 Å². The number of aliphatic hydroxyl groups excluding tert-OH is 1. The molecule has 0 bridgehead atoms. The van der Waals surface area contributed by atoms with Crippen LogP contribution < -0.4 is 0 Å². The highest BCUT2D eigenvalue weighted by atomic mass is 16.5. The first-order valence-corrected chi connectivity index (χ1v) is 5.68. The molecule has 1 rings (SSSR count). The summed E-state index contributed by atoms with van der Waals surface area (Å²) in [5.74, 6) is -0.108. The van der Waals surface area contributed by atoms with Crippen molar-refractivity contribution in [1.29, 1.82) is 0 Å². The summed E-state index contributed by atoms with van der Waals surface area (Å²) in [5, 5.41) is 9.04. The first kappa shape index (κ1) is 13.5. The molecule has 1 aromatic carbocycles. The molecule has 0 aliphatic carbocycles. The van der Waals surface area contributed by atoms with Crippen LogP contribution in [0.25, 0.3) is 0 Å². The third-order valence-electron chi connectivity index (χ3n) is 2.62. The summed E-state index contributed by atoms with van der Waals surface area (Å²) in [6.07, 6.45) is 4.63. The van der Waals surface area contributed by atoms with Gasteiger partial charge in [-0.3, -0.25) is 0 Å². The SMILES string of the molecule is COC(=O)/C=C/C[C@@H](CCO)c1ccccc1. The standard InChI is InChI=1S/C14H18O3/c1-17-14(16)9-5-8-13(10-11-15)12-6-3-2-4-7-12/h2-7,9,13,15H,8,10-11H2,1H3/b9-5+/t13-/m0/s1. The zero-order chi connectivity index (χ0) is 12.5. The number of hydrogen-bond donors (Lipinski definition) is 1. The maximum absolute atomic E-state index is 10.9. The van der Waals surface area contributed by atoms with E-state index in [0.29, 0.717) is 6.42 Å². The fourth-order valence-corrected chi connectivity index (χ4v) is 1.70. The minimum Gasteiger partial charge on any atom is -0.466 e. The fraction of sp³-hybridized carbons (Fsp3) is 0.357. The van der Waals surface area contributed by atoms with Gasteiger partial charge in [0.1, 0.15) is 0 Å². The highest BCUT2D eigenvalue weighted by Gasteiger charge is 2.08. The molecule has 0 unspecified atom stereocenters. The third kappa shape index (κ3) is 4.83. The summed E-state index contributed by atoms with van der Waals surface area (Å²) in [4.78, 5) is 10.9. The topological polar surface area (TPSA) is 46.5 Å². The van der Waals surface area contributed by atoms with E-state index in [2.05, 4.69) is 4.74 Å². The number of ether oxygens (including phenoxy) is 1. The lowest BCUT2D eigenvalue weighted by molar-refractivity contribution is -0.134. The van der Waals surface area contributed by atoms with E-state index in [0.717, 1.165) is 6.42 Å². The van der Waals surface area contributed by atoms with E-state index in [1.165, 1.54) is 18.7 Å². The normalized spacial score (nSPS) is 12.6. The van der Waals surface area contributed by atoms with Crippen LogP contribution in [0.4, 0.5) is 0 Å². The van der Waals surface area contributed by atoms with Gasteiger partial charge >= 0.3 is 5.97 Å². The fourth-order valence-electron chi connectivity index (χ4n) is 1.70. The van der Waals surface area contributed by atoms with Gasteiger partial charge in [0.2, 0.25) is 0 Å². The van der Waals surface area contributed by atoms with E-state index in [1.807, 2.05) is 30.3 Å². The van der Waals surface area contributed by atoms with Gasteiger partial charge in [-0.25, -0.2) is 4.79 Å². The van der Waals surface area contributed by atoms with E-state index >= 15 is 0 Å². The summed E-state index contributed by atoms with van der Waals surface area (Å²) >= 11 is 0. The average molecular weight is 234 g/mol. The Hall–Kier alpha value is -1.61. The van der Waals surface area contributed by atoms with Gasteiger partial charge in [-0.2, -0.15) is 0 Å². The maximum Gasteiger partial charge on any atom is 0.330 e. The largest absolute Gasteiger partial charge is 0.466 e. The second-order valence-corrected chi connectivity index (χ2v) is 3.78. The van der Waals surface area contributed by atoms with Crippen LogP contribution in [0, 0.1) is 0 Å². The van der Waals surface area contributed by atoms with E-state index in [4.69, 9.17) is 5.11 Å². The van der Waals surface area contributed by atoms with Crippen molar-refractivity contribution in [3.63, 3.8) is 0 Å². The number of carbonyl (C=O) groups excluding carboxylic acids is 1. The smallest absolute Gasteiger partial charge is 0.330 e. The monoisotopic (exact) mass is 234 g/mol. The van der Waals surface area contributed by atoms with Crippen molar-refractivity contribution in [1.82, 2.24) is 0 Å². The Balaban J connectivity index is 2.61. The maximum atomic E-state index is 10.9. The summed E-state index contributed by atoms with van der Waals surface area (Å²) in [5.41, 5.74) is 1.18. The van der Waals surface area contributed by atoms with Crippen molar-refractivity contribution in [2.75, 3.05) is 13.7 Å². The van der Waals surface area contributed by atoms with Crippen molar-refractivity contribution in [3.8, 4) is 0 Å². The Labute approximate surface area is 102 Å². The molecule has 0 aromatic heterocycles. The summed E-state index contributed by atoms with van der Waals surface area (Å²) in [6.45, 7) is 0.144. The van der Waals surface area contributed by atoms with E-state index in [-0.39, 0.29) is 18.5 Å². The molecule has 1 N–H and O–H groups in total. The van der Waals surface area contributed by atoms with Gasteiger partial charge in [0.15, 0.2) is 0 Å². The van der Waals surface area contributed by atoms with Crippen LogP contribution in [-0.2, 0) is 9.53 Å². The Bertz CT molecular complexity index is 357. The predicted octanol–water partition coefficient (Wildman–Crippen LogP) is 2.27. The van der Waals surface area contributed by atoms with E-state index in [1.54, 1.807) is 6.08 Å². The van der Waals surface area contributed by atoms with Crippen LogP contribution in [-0.4, -0.2) is 24.8 Å². The molecule has 0 aliphatic heterocycles. The lowest BCUT2D eigenvalue weighted by Gasteiger charge is -2.13. The first-order chi connectivity index (χ1) is 8.27. The van der Waals surface area contributed by atoms with E-state index < -0.39 is 0 Å². The number of hydrogen-bond acceptors (Lipinski definition) is 3. The van der Waals surface area contributed by atoms with Gasteiger partial charge in [0.25, 0.3) is 0 Å². The molecule has 0 heterocycles. The van der Waals surface area contributed by atoms with E-state index in [9.17, 15) is 4.79 Å². The summed E-state index contributed by atoms with van der Waals surface area (Å²) in [6, 6.07) is 9.98. The average Bonchev–Trinajstić information content (AvgIpc) is 2.38. The number of methoxy groups -OCH3 is 1. The molecule has 0 fully saturated rings. The summed E-state index contributed by atoms with van der Waals surface area (Å²) in [7, 11) is 1.36. The van der Waals surface area contributed by atoms with Gasteiger partial charge in [-0.15, -0.1) is 0 Å². The molecule has 1 atom stereocenters. The molecule has 3 heteroatoms. The number of benzene rings is 1. The minimum absolute atomic E-state index is 0.144. The second-order valence-electron chi connectivity index (χ2n) is 3.78. The minimum atomic E-state index is -0.346. The van der Waals surface area contributed by atoms with Crippen LogP contribution in [0.2, 0.25) is 0 Å². The Morgan fingerprint density at radius 1 is 1.41 bits per heavy atom. The molecule has 1 aromatic rings. The van der Waals surface area contributed by atoms with Gasteiger partial charge in [0, 0.05) is 12.7 Å². The van der Waals surface area contributed by atoms with Crippen molar-refractivity contribution in [2.24, 2.45) is 0 Å². The highest BCUT2D eigenvalue weighted by Crippen LogP contribution is 2.23. The highest BCUT2D eigenvalue weighted by molar-refractivity contribution is 5.81. The van der Waals surface area contributed by atoms with Gasteiger partial charge in [-0.05, 0) is 24.3 Å². The molecule has 0 saturated heterocycles. The number of carbonyl (C=O) groups is 1. The molecule has 3 nitrogen and oxygen atoms in total. The van der Waals surface area contributed by atoms with Crippen molar-refractivity contribution in [2.45, 2.75) is 18.8 Å². The van der Waals surface area contributed by atoms with Crippen LogP contribution >= 0.6 is 0 Å². The molecular weight excluding hydrogens is 216 g/mol. The van der Waals surface area contributed by atoms with Gasteiger partial charge < -0.3 is 9.84 Å². The lowest BCUT2D eigenvalue weighted by Crippen LogP contribution is -2.01. The zero-order valence-electron chi connectivity index (χ0n) is 10.0. The molecule has 0 spiro atoms. The predicted molar refractivity (Wildman–Crippen MR) is 66.7 cm³/mol. The van der Waals surface area contributed by atoms with Gasteiger partial charge in [-0.1, -0.05) is 36.4 Å². The quantitative estimate of drug-likeness (QED) is 0.606. The molecule has 92 valence electrons. The van der Waals surface area contributed by atoms with Crippen LogP contribution in [0.5, 0.6) is 0 Å². The molecule has 0 aliphatic rings.